The van der Waals surface area contributed by atoms with E-state index in [-0.39, 0.29) is 45.7 Å². The summed E-state index contributed by atoms with van der Waals surface area (Å²) in [5, 5.41) is 18.5. The second kappa shape index (κ2) is 9.46. The lowest BCUT2D eigenvalue weighted by Gasteiger charge is -2.33. The van der Waals surface area contributed by atoms with Crippen molar-refractivity contribution in [3.8, 4) is 6.07 Å². The Labute approximate surface area is 204 Å². The van der Waals surface area contributed by atoms with Crippen molar-refractivity contribution in [2.75, 3.05) is 0 Å². The van der Waals surface area contributed by atoms with Gasteiger partial charge in [0.1, 0.15) is 24.0 Å². The van der Waals surface area contributed by atoms with Crippen LogP contribution in [0.3, 0.4) is 0 Å². The molecule has 0 radical (unpaired) electrons. The van der Waals surface area contributed by atoms with E-state index in [9.17, 15) is 19.6 Å². The van der Waals surface area contributed by atoms with E-state index in [0.29, 0.717) is 5.56 Å². The highest BCUT2D eigenvalue weighted by atomic mass is 16.5. The summed E-state index contributed by atoms with van der Waals surface area (Å²) < 4.78 is 7.81. The van der Waals surface area contributed by atoms with Crippen LogP contribution in [0, 0.1) is 28.1 Å². The van der Waals surface area contributed by atoms with Crippen LogP contribution in [0.1, 0.15) is 53.5 Å². The number of ether oxygens (including phenoxy) is 1. The predicted molar refractivity (Wildman–Crippen MR) is 132 cm³/mol. The molecule has 7 nitrogen and oxygen atoms in total. The van der Waals surface area contributed by atoms with Gasteiger partial charge in [-0.3, -0.25) is 14.4 Å². The molecule has 0 unspecified atom stereocenters. The Morgan fingerprint density at radius 1 is 1.06 bits per heavy atom. The standard InChI is InChI=1S/C28H30N2O5/c1-27(2,3)21-14-17(15-22(35-21)28(4,5)6)13-19-25(33)24(26(19)34)20(16-29)18-7-10-30(11-8-18)12-9-23(31)32/h7-8,10-11,13-15,17H,9,12H2,1-6H3/p+1. The van der Waals surface area contributed by atoms with Gasteiger partial charge in [0.2, 0.25) is 10.9 Å². The third kappa shape index (κ3) is 5.65. The molecule has 1 aliphatic rings. The Balaban J connectivity index is 2.06. The Bertz CT molecular complexity index is 1380. The maximum atomic E-state index is 13.0. The number of nitriles is 1. The molecule has 0 spiro atoms. The summed E-state index contributed by atoms with van der Waals surface area (Å²) in [6, 6.07) is 5.20. The molecule has 1 aromatic heterocycles. The monoisotopic (exact) mass is 475 g/mol. The number of aliphatic carboxylic acids is 1. The molecule has 0 saturated heterocycles. The van der Waals surface area contributed by atoms with Gasteiger partial charge in [0.25, 0.3) is 0 Å². The molecule has 0 aliphatic carbocycles. The fraction of sp³-hybridized carbons (Fsp3) is 0.393. The van der Waals surface area contributed by atoms with Crippen LogP contribution >= 0.6 is 0 Å². The average molecular weight is 476 g/mol. The van der Waals surface area contributed by atoms with Crippen LogP contribution in [0.15, 0.2) is 57.8 Å². The number of carboxylic acids is 1. The zero-order valence-electron chi connectivity index (χ0n) is 21.0. The first-order chi connectivity index (χ1) is 16.2. The largest absolute Gasteiger partial charge is 0.481 e. The number of carbonyl (C=O) groups is 1. The Morgan fingerprint density at radius 2 is 1.57 bits per heavy atom. The lowest BCUT2D eigenvalue weighted by molar-refractivity contribution is -0.696. The molecule has 0 bridgehead atoms. The fourth-order valence-corrected chi connectivity index (χ4v) is 3.73. The molecule has 7 heteroatoms. The number of aryl methyl sites for hydroxylation is 1. The lowest BCUT2D eigenvalue weighted by Crippen LogP contribution is -2.65. The fourth-order valence-electron chi connectivity index (χ4n) is 3.73. The van der Waals surface area contributed by atoms with Crippen molar-refractivity contribution in [1.29, 1.82) is 5.26 Å². The molecule has 0 fully saturated rings. The van der Waals surface area contributed by atoms with Crippen molar-refractivity contribution in [3.63, 3.8) is 0 Å². The van der Waals surface area contributed by atoms with E-state index in [2.05, 4.69) is 0 Å². The maximum absolute atomic E-state index is 13.0. The van der Waals surface area contributed by atoms with Gasteiger partial charge in [-0.1, -0.05) is 47.6 Å². The third-order valence-electron chi connectivity index (χ3n) is 5.81. The maximum Gasteiger partial charge on any atom is 0.309 e. The molecule has 182 valence electrons. The van der Waals surface area contributed by atoms with Gasteiger partial charge in [-0.15, -0.1) is 0 Å². The molecule has 1 aromatic carbocycles. The van der Waals surface area contributed by atoms with Crippen molar-refractivity contribution >= 4 is 17.6 Å². The predicted octanol–water partition coefficient (Wildman–Crippen LogP) is 2.05. The highest BCUT2D eigenvalue weighted by Crippen LogP contribution is 2.39. The Hall–Kier alpha value is -3.79. The Kier molecular flexibility index (Phi) is 6.98. The quantitative estimate of drug-likeness (QED) is 0.663. The van der Waals surface area contributed by atoms with Gasteiger partial charge in [0, 0.05) is 34.4 Å². The van der Waals surface area contributed by atoms with E-state index in [1.165, 1.54) is 0 Å². The van der Waals surface area contributed by atoms with Gasteiger partial charge in [0.15, 0.2) is 18.9 Å². The van der Waals surface area contributed by atoms with Crippen molar-refractivity contribution in [2.24, 2.45) is 16.7 Å². The van der Waals surface area contributed by atoms with E-state index in [1.54, 1.807) is 35.2 Å². The van der Waals surface area contributed by atoms with Crippen LogP contribution in [-0.2, 0) is 16.1 Å². The first-order valence-corrected chi connectivity index (χ1v) is 11.5. The van der Waals surface area contributed by atoms with Crippen LogP contribution in [-0.4, -0.2) is 11.1 Å². The second-order valence-corrected chi connectivity index (χ2v) is 10.8. The summed E-state index contributed by atoms with van der Waals surface area (Å²) in [4.78, 5) is 36.7. The molecular weight excluding hydrogens is 444 g/mol. The van der Waals surface area contributed by atoms with Crippen LogP contribution in [0.4, 0.5) is 0 Å². The molecule has 1 aliphatic heterocycles. The summed E-state index contributed by atoms with van der Waals surface area (Å²) in [6.45, 7) is 12.5. The van der Waals surface area contributed by atoms with Crippen molar-refractivity contribution < 1.29 is 19.2 Å². The lowest BCUT2D eigenvalue weighted by atomic mass is 9.85. The first-order valence-electron chi connectivity index (χ1n) is 11.5. The number of hydrogen-bond donors (Lipinski definition) is 1. The van der Waals surface area contributed by atoms with Crippen molar-refractivity contribution in [1.82, 2.24) is 0 Å². The summed E-state index contributed by atoms with van der Waals surface area (Å²) in [5.74, 6) is 0.358. The summed E-state index contributed by atoms with van der Waals surface area (Å²) >= 11 is 0. The molecule has 1 N–H and O–H groups in total. The minimum Gasteiger partial charge on any atom is -0.481 e. The van der Waals surface area contributed by atoms with Gasteiger partial charge in [-0.05, 0) is 12.2 Å². The number of nitrogens with zero attached hydrogens (tertiary/aromatic N) is 2. The molecular formula is C28H31N2O5+. The van der Waals surface area contributed by atoms with Gasteiger partial charge < -0.3 is 9.84 Å². The van der Waals surface area contributed by atoms with Gasteiger partial charge in [-0.25, -0.2) is 4.57 Å². The normalized spacial score (nSPS) is 14.5. The summed E-state index contributed by atoms with van der Waals surface area (Å²) in [7, 11) is 0. The van der Waals surface area contributed by atoms with E-state index in [1.807, 2.05) is 59.8 Å². The Morgan fingerprint density at radius 3 is 2.00 bits per heavy atom. The van der Waals surface area contributed by atoms with E-state index < -0.39 is 16.8 Å². The number of carboxylic acid groups (broad SMARTS) is 1. The number of rotatable bonds is 5. The topological polar surface area (TPSA) is 108 Å². The highest BCUT2D eigenvalue weighted by Gasteiger charge is 2.30. The molecule has 2 heterocycles. The molecule has 0 saturated carbocycles. The smallest absolute Gasteiger partial charge is 0.309 e. The minimum atomic E-state index is -0.912. The molecule has 0 amide bonds. The SMILES string of the molecule is CC(C)(C)C1=CC(C=c2c(=O)c(=C(C#N)c3cc[n+](CCC(=O)O)cc3)c2=O)C=C(C(C)(C)C)O1. The highest BCUT2D eigenvalue weighted by molar-refractivity contribution is 5.76. The van der Waals surface area contributed by atoms with Crippen molar-refractivity contribution in [3.05, 3.63) is 84.6 Å². The van der Waals surface area contributed by atoms with E-state index in [0.717, 1.165) is 11.5 Å². The zero-order chi connectivity index (χ0) is 26.1. The van der Waals surface area contributed by atoms with Crippen molar-refractivity contribution in [2.45, 2.75) is 54.5 Å². The molecule has 2 aromatic rings. The number of pyridine rings is 1. The minimum absolute atomic E-state index is 0.0198. The van der Waals surface area contributed by atoms with E-state index in [4.69, 9.17) is 9.84 Å². The molecule has 3 rings (SSSR count). The number of aromatic nitrogens is 1. The summed E-state index contributed by atoms with van der Waals surface area (Å²) in [6.07, 6.45) is 8.70. The van der Waals surface area contributed by atoms with Gasteiger partial charge >= 0.3 is 5.97 Å². The van der Waals surface area contributed by atoms with Gasteiger partial charge in [-0.2, -0.15) is 5.26 Å². The van der Waals surface area contributed by atoms with Gasteiger partial charge in [0.05, 0.1) is 16.0 Å². The van der Waals surface area contributed by atoms with Crippen LogP contribution in [0.25, 0.3) is 11.6 Å². The third-order valence-corrected chi connectivity index (χ3v) is 5.81. The summed E-state index contributed by atoms with van der Waals surface area (Å²) in [5.41, 5.74) is -0.933. The molecule has 0 atom stereocenters. The first kappa shape index (κ1) is 25.8. The van der Waals surface area contributed by atoms with Crippen LogP contribution in [0.2, 0.25) is 0 Å². The van der Waals surface area contributed by atoms with E-state index >= 15 is 0 Å². The molecule has 35 heavy (non-hydrogen) atoms. The van der Waals surface area contributed by atoms with Crippen LogP contribution < -0.4 is 25.9 Å². The average Bonchev–Trinajstić information content (AvgIpc) is 2.78. The number of hydrogen-bond acceptors (Lipinski definition) is 5. The van der Waals surface area contributed by atoms with Crippen LogP contribution in [0.5, 0.6) is 0 Å². The second-order valence-electron chi connectivity index (χ2n) is 10.8. The zero-order valence-corrected chi connectivity index (χ0v) is 21.0. The number of allylic oxidation sites excluding steroid dienone is 4.